The molecular formula is C48H40N2O4. The van der Waals surface area contributed by atoms with Crippen LogP contribution in [0.15, 0.2) is 170 Å². The van der Waals surface area contributed by atoms with E-state index < -0.39 is 11.9 Å². The van der Waals surface area contributed by atoms with Crippen LogP contribution in [0.3, 0.4) is 0 Å². The highest BCUT2D eigenvalue weighted by Gasteiger charge is 2.21. The standard InChI is InChI=1S/C48H40N2O4/c1-31(2)47(51)53-45-17-9-11-39-41(45)13-7-15-43(39)49(35-23-19-33(5)20-24-35)37-27-29-38(30-28-37)50(36-25-21-34(6)22-26-36)44-16-8-14-42-40(44)12-10-18-46(42)54-48(52)32(3)4/h7-30H,1,3H2,2,4-6H3. The first kappa shape index (κ1) is 35.5. The van der Waals surface area contributed by atoms with Crippen molar-refractivity contribution in [3.05, 3.63) is 181 Å². The van der Waals surface area contributed by atoms with Crippen molar-refractivity contribution >= 4 is 67.6 Å². The molecule has 0 heterocycles. The lowest BCUT2D eigenvalue weighted by atomic mass is 10.0. The van der Waals surface area contributed by atoms with E-state index in [-0.39, 0.29) is 0 Å². The highest BCUT2D eigenvalue weighted by atomic mass is 16.5. The van der Waals surface area contributed by atoms with Crippen LogP contribution in [-0.4, -0.2) is 11.9 Å². The van der Waals surface area contributed by atoms with Gasteiger partial charge in [0.05, 0.1) is 11.4 Å². The fourth-order valence-corrected chi connectivity index (χ4v) is 6.46. The molecule has 7 aromatic rings. The first-order valence-electron chi connectivity index (χ1n) is 17.7. The minimum atomic E-state index is -0.465. The van der Waals surface area contributed by atoms with E-state index >= 15 is 0 Å². The van der Waals surface area contributed by atoms with Gasteiger partial charge >= 0.3 is 11.9 Å². The third-order valence-electron chi connectivity index (χ3n) is 9.25. The first-order valence-corrected chi connectivity index (χ1v) is 17.7. The van der Waals surface area contributed by atoms with Crippen LogP contribution in [0.4, 0.5) is 34.1 Å². The molecule has 0 unspecified atom stereocenters. The topological polar surface area (TPSA) is 59.1 Å². The van der Waals surface area contributed by atoms with Crippen molar-refractivity contribution in [1.29, 1.82) is 0 Å². The quantitative estimate of drug-likeness (QED) is 0.0801. The lowest BCUT2D eigenvalue weighted by Crippen LogP contribution is -2.13. The largest absolute Gasteiger partial charge is 0.423 e. The van der Waals surface area contributed by atoms with Crippen molar-refractivity contribution in [3.63, 3.8) is 0 Å². The molecule has 6 heteroatoms. The SMILES string of the molecule is C=C(C)C(=O)Oc1cccc2c(N(c3ccc(C)cc3)c3ccc(N(c4ccc(C)cc4)c4cccc5c(OC(=O)C(=C)C)cccc45)cc3)cccc12. The molecule has 0 N–H and O–H groups in total. The zero-order chi connectivity index (χ0) is 37.9. The van der Waals surface area contributed by atoms with E-state index in [2.05, 4.69) is 122 Å². The lowest BCUT2D eigenvalue weighted by molar-refractivity contribution is -0.130. The maximum absolute atomic E-state index is 12.6. The molecule has 0 fully saturated rings. The van der Waals surface area contributed by atoms with E-state index in [1.807, 2.05) is 48.5 Å². The first-order chi connectivity index (χ1) is 26.1. The smallest absolute Gasteiger partial charge is 0.338 e. The summed E-state index contributed by atoms with van der Waals surface area (Å²) < 4.78 is 11.5. The Bertz CT molecular complexity index is 2370. The lowest BCUT2D eigenvalue weighted by Gasteiger charge is -2.30. The van der Waals surface area contributed by atoms with E-state index in [0.29, 0.717) is 22.6 Å². The van der Waals surface area contributed by atoms with Crippen molar-refractivity contribution in [2.75, 3.05) is 9.80 Å². The average Bonchev–Trinajstić information content (AvgIpc) is 3.17. The number of hydrogen-bond donors (Lipinski definition) is 0. The van der Waals surface area contributed by atoms with Gasteiger partial charge in [0, 0.05) is 55.4 Å². The van der Waals surface area contributed by atoms with Crippen LogP contribution in [0.5, 0.6) is 11.5 Å². The Morgan fingerprint density at radius 3 is 1.06 bits per heavy atom. The van der Waals surface area contributed by atoms with Gasteiger partial charge in [0.15, 0.2) is 0 Å². The summed E-state index contributed by atoms with van der Waals surface area (Å²) in [5, 5.41) is 3.48. The van der Waals surface area contributed by atoms with Crippen LogP contribution in [0, 0.1) is 13.8 Å². The summed E-state index contributed by atoms with van der Waals surface area (Å²) in [7, 11) is 0. The molecule has 0 amide bonds. The molecule has 6 nitrogen and oxygen atoms in total. The molecule has 0 radical (unpaired) electrons. The number of ether oxygens (including phenoxy) is 2. The predicted molar refractivity (Wildman–Crippen MR) is 221 cm³/mol. The monoisotopic (exact) mass is 708 g/mol. The number of carbonyl (C=O) groups is 2. The third-order valence-corrected chi connectivity index (χ3v) is 9.25. The van der Waals surface area contributed by atoms with Crippen LogP contribution >= 0.6 is 0 Å². The number of rotatable bonds is 10. The summed E-state index contributed by atoms with van der Waals surface area (Å²) in [4.78, 5) is 29.5. The van der Waals surface area contributed by atoms with Gasteiger partial charge in [-0.2, -0.15) is 0 Å². The Hall–Kier alpha value is -6.92. The Morgan fingerprint density at radius 1 is 0.426 bits per heavy atom. The molecule has 0 aliphatic rings. The molecule has 0 spiro atoms. The van der Waals surface area contributed by atoms with Crippen molar-refractivity contribution < 1.29 is 19.1 Å². The second-order valence-corrected chi connectivity index (χ2v) is 13.5. The van der Waals surface area contributed by atoms with Crippen molar-refractivity contribution in [2.24, 2.45) is 0 Å². The highest BCUT2D eigenvalue weighted by Crippen LogP contribution is 2.44. The molecule has 7 aromatic carbocycles. The van der Waals surface area contributed by atoms with E-state index in [1.54, 1.807) is 26.0 Å². The van der Waals surface area contributed by atoms with Gasteiger partial charge in [-0.05, 0) is 100 Å². The van der Waals surface area contributed by atoms with Gasteiger partial charge in [-0.15, -0.1) is 0 Å². The molecule has 0 aliphatic carbocycles. The number of benzene rings is 7. The van der Waals surface area contributed by atoms with Crippen LogP contribution < -0.4 is 19.3 Å². The van der Waals surface area contributed by atoms with Gasteiger partial charge in [-0.3, -0.25) is 0 Å². The molecule has 0 bridgehead atoms. The second kappa shape index (κ2) is 15.0. The molecule has 266 valence electrons. The summed E-state index contributed by atoms with van der Waals surface area (Å²) >= 11 is 0. The Balaban J connectivity index is 1.37. The van der Waals surface area contributed by atoms with Gasteiger partial charge < -0.3 is 19.3 Å². The maximum atomic E-state index is 12.6. The van der Waals surface area contributed by atoms with Crippen LogP contribution in [-0.2, 0) is 9.59 Å². The summed E-state index contributed by atoms with van der Waals surface area (Å²) in [6.45, 7) is 14.9. The van der Waals surface area contributed by atoms with E-state index in [4.69, 9.17) is 9.47 Å². The van der Waals surface area contributed by atoms with Crippen molar-refractivity contribution in [1.82, 2.24) is 0 Å². The third kappa shape index (κ3) is 7.10. The van der Waals surface area contributed by atoms with Crippen molar-refractivity contribution in [3.8, 4) is 11.5 Å². The molecular weight excluding hydrogens is 669 g/mol. The number of anilines is 6. The minimum Gasteiger partial charge on any atom is -0.423 e. The maximum Gasteiger partial charge on any atom is 0.338 e. The fourth-order valence-electron chi connectivity index (χ4n) is 6.46. The van der Waals surface area contributed by atoms with E-state index in [1.165, 1.54) is 0 Å². The van der Waals surface area contributed by atoms with Crippen LogP contribution in [0.2, 0.25) is 0 Å². The number of carbonyl (C=O) groups excluding carboxylic acids is 2. The Kier molecular flexibility index (Phi) is 9.84. The van der Waals surface area contributed by atoms with Gasteiger partial charge in [0.25, 0.3) is 0 Å². The average molecular weight is 709 g/mol. The molecule has 0 saturated heterocycles. The zero-order valence-corrected chi connectivity index (χ0v) is 30.8. The number of hydrogen-bond acceptors (Lipinski definition) is 6. The second-order valence-electron chi connectivity index (χ2n) is 13.5. The highest BCUT2D eigenvalue weighted by molar-refractivity contribution is 6.05. The van der Waals surface area contributed by atoms with Gasteiger partial charge in [0.2, 0.25) is 0 Å². The Labute approximate surface area is 315 Å². The molecule has 0 atom stereocenters. The number of fused-ring (bicyclic) bond motifs is 2. The number of aryl methyl sites for hydroxylation is 2. The zero-order valence-electron chi connectivity index (χ0n) is 30.8. The van der Waals surface area contributed by atoms with Crippen LogP contribution in [0.25, 0.3) is 21.5 Å². The number of nitrogens with zero attached hydrogens (tertiary/aromatic N) is 2. The summed E-state index contributed by atoms with van der Waals surface area (Å²) in [6, 6.07) is 48.8. The van der Waals surface area contributed by atoms with Crippen molar-refractivity contribution in [2.45, 2.75) is 27.7 Å². The molecule has 54 heavy (non-hydrogen) atoms. The minimum absolute atomic E-state index is 0.333. The van der Waals surface area contributed by atoms with Gasteiger partial charge in [0.1, 0.15) is 11.5 Å². The predicted octanol–water partition coefficient (Wildman–Crippen LogP) is 12.5. The molecule has 0 aliphatic heterocycles. The fraction of sp³-hybridized carbons (Fsp3) is 0.0833. The molecule has 7 rings (SSSR count). The summed E-state index contributed by atoms with van der Waals surface area (Å²) in [5.41, 5.74) is 8.67. The summed E-state index contributed by atoms with van der Waals surface area (Å²) in [6.07, 6.45) is 0. The normalized spacial score (nSPS) is 10.9. The Morgan fingerprint density at radius 2 is 0.722 bits per heavy atom. The van der Waals surface area contributed by atoms with Gasteiger partial charge in [-0.1, -0.05) is 97.1 Å². The summed E-state index contributed by atoms with van der Waals surface area (Å²) in [5.74, 6) is 0.0190. The van der Waals surface area contributed by atoms with Gasteiger partial charge in [-0.25, -0.2) is 9.59 Å². The van der Waals surface area contributed by atoms with E-state index in [9.17, 15) is 9.59 Å². The molecule has 0 saturated carbocycles. The number of esters is 2. The van der Waals surface area contributed by atoms with E-state index in [0.717, 1.165) is 66.8 Å². The van der Waals surface area contributed by atoms with Crippen LogP contribution in [0.1, 0.15) is 25.0 Å². The molecule has 0 aromatic heterocycles.